The van der Waals surface area contributed by atoms with Crippen LogP contribution >= 0.6 is 0 Å². The third-order valence-corrected chi connectivity index (χ3v) is 10.5. The summed E-state index contributed by atoms with van der Waals surface area (Å²) < 4.78 is 12.8. The van der Waals surface area contributed by atoms with Gasteiger partial charge in [0.2, 0.25) is 5.71 Å². The van der Waals surface area contributed by atoms with Gasteiger partial charge in [-0.25, -0.2) is 4.98 Å². The van der Waals surface area contributed by atoms with E-state index in [-0.39, 0.29) is 20.1 Å². The molecule has 0 aliphatic carbocycles. The summed E-state index contributed by atoms with van der Waals surface area (Å²) >= 11 is 0. The molecule has 0 bridgehead atoms. The number of pyridine rings is 3. The zero-order chi connectivity index (χ0) is 32.7. The Balaban J connectivity index is 0.000000246. The first-order chi connectivity index (χ1) is 23.4. The van der Waals surface area contributed by atoms with Crippen molar-refractivity contribution in [1.29, 1.82) is 0 Å². The van der Waals surface area contributed by atoms with Crippen LogP contribution in [0.25, 0.3) is 77.8 Å². The number of fused-ring (bicyclic) bond motifs is 6. The molecule has 0 aliphatic heterocycles. The van der Waals surface area contributed by atoms with Gasteiger partial charge < -0.3 is 18.8 Å². The molecule has 1 radical (unpaired) electrons. The van der Waals surface area contributed by atoms with Gasteiger partial charge in [0.15, 0.2) is 0 Å². The average molecular weight is 830 g/mol. The van der Waals surface area contributed by atoms with Crippen LogP contribution in [0, 0.1) is 12.1 Å². The molecule has 4 aromatic carbocycles. The monoisotopic (exact) mass is 830 g/mol. The fourth-order valence-electron chi connectivity index (χ4n) is 6.08. The standard InChI is InChI=1S/C31H23N2O2Si.C11H8N.Ir/c1-36(2,3)28-14-8-12-21-24-18-32-26(17-27(24)34-30(21)28)23-13-7-11-20-22-15-16-25(19-9-5-4-6-10-19)33-31(22)35-29(20)23;1-2-6-10(7-3-1)11-8-4-5-9-12-11;/h4-12,14-18H,1-3H3;1-6,8-9H;/q2*-1;. The minimum absolute atomic E-state index is 0. The van der Waals surface area contributed by atoms with Crippen LogP contribution in [-0.2, 0) is 20.1 Å². The summed E-state index contributed by atoms with van der Waals surface area (Å²) in [6, 6.07) is 46.8. The van der Waals surface area contributed by atoms with E-state index in [1.165, 1.54) is 5.19 Å². The van der Waals surface area contributed by atoms with E-state index >= 15 is 0 Å². The first-order valence-corrected chi connectivity index (χ1v) is 19.4. The molecule has 0 aliphatic rings. The number of nitrogens with zero attached hydrogens (tertiary/aromatic N) is 3. The number of para-hydroxylation sites is 1. The average Bonchev–Trinajstić information content (AvgIpc) is 3.70. The predicted octanol–water partition coefficient (Wildman–Crippen LogP) is 10.5. The van der Waals surface area contributed by atoms with Crippen LogP contribution in [0.2, 0.25) is 19.6 Å². The number of hydrogen-bond donors (Lipinski definition) is 0. The molecule has 9 aromatic rings. The zero-order valence-corrected chi connectivity index (χ0v) is 30.6. The first-order valence-electron chi connectivity index (χ1n) is 15.9. The van der Waals surface area contributed by atoms with Crippen molar-refractivity contribution in [1.82, 2.24) is 15.0 Å². The van der Waals surface area contributed by atoms with Crippen molar-refractivity contribution >= 4 is 57.3 Å². The summed E-state index contributed by atoms with van der Waals surface area (Å²) in [4.78, 5) is 13.8. The summed E-state index contributed by atoms with van der Waals surface area (Å²) in [6.07, 6.45) is 3.70. The Hall–Kier alpha value is -5.20. The summed E-state index contributed by atoms with van der Waals surface area (Å²) in [5, 5.41) is 5.44. The van der Waals surface area contributed by atoms with E-state index in [4.69, 9.17) is 18.8 Å². The van der Waals surface area contributed by atoms with Gasteiger partial charge in [0.05, 0.1) is 19.4 Å². The molecule has 5 nitrogen and oxygen atoms in total. The van der Waals surface area contributed by atoms with Crippen LogP contribution in [-0.4, -0.2) is 23.0 Å². The van der Waals surface area contributed by atoms with Gasteiger partial charge in [0, 0.05) is 54.2 Å². The second kappa shape index (κ2) is 13.4. The maximum absolute atomic E-state index is 6.45. The quantitative estimate of drug-likeness (QED) is 0.131. The van der Waals surface area contributed by atoms with E-state index in [9.17, 15) is 0 Å². The van der Waals surface area contributed by atoms with Crippen molar-refractivity contribution in [3.8, 4) is 33.8 Å². The molecule has 241 valence electrons. The Morgan fingerprint density at radius 2 is 1.41 bits per heavy atom. The van der Waals surface area contributed by atoms with E-state index in [1.807, 2.05) is 91.1 Å². The Morgan fingerprint density at radius 1 is 0.592 bits per heavy atom. The third kappa shape index (κ3) is 6.25. The van der Waals surface area contributed by atoms with Crippen molar-refractivity contribution in [2.24, 2.45) is 0 Å². The largest absolute Gasteiger partial charge is 0.486 e. The van der Waals surface area contributed by atoms with E-state index in [0.29, 0.717) is 5.71 Å². The molecule has 0 N–H and O–H groups in total. The van der Waals surface area contributed by atoms with Crippen molar-refractivity contribution in [2.45, 2.75) is 19.6 Å². The fraction of sp³-hybridized carbons (Fsp3) is 0.0714. The normalized spacial score (nSPS) is 11.4. The Morgan fingerprint density at radius 3 is 2.18 bits per heavy atom. The molecule has 0 atom stereocenters. The van der Waals surface area contributed by atoms with E-state index in [1.54, 1.807) is 6.20 Å². The Labute approximate surface area is 299 Å². The molecule has 0 fully saturated rings. The fourth-order valence-corrected chi connectivity index (χ4v) is 7.54. The maximum Gasteiger partial charge on any atom is 0.216 e. The van der Waals surface area contributed by atoms with Crippen LogP contribution in [0.3, 0.4) is 0 Å². The van der Waals surface area contributed by atoms with Crippen molar-refractivity contribution in [3.05, 3.63) is 146 Å². The van der Waals surface area contributed by atoms with Crippen molar-refractivity contribution in [2.75, 3.05) is 0 Å². The second-order valence-corrected chi connectivity index (χ2v) is 17.7. The van der Waals surface area contributed by atoms with Crippen molar-refractivity contribution in [3.63, 3.8) is 0 Å². The van der Waals surface area contributed by atoms with Crippen LogP contribution in [0.15, 0.2) is 143 Å². The maximum atomic E-state index is 6.45. The first kappa shape index (κ1) is 32.3. The van der Waals surface area contributed by atoms with Gasteiger partial charge in [-0.1, -0.05) is 91.3 Å². The molecule has 5 aromatic heterocycles. The number of rotatable bonds is 4. The van der Waals surface area contributed by atoms with Crippen LogP contribution < -0.4 is 5.19 Å². The smallest absolute Gasteiger partial charge is 0.216 e. The van der Waals surface area contributed by atoms with Gasteiger partial charge in [-0.3, -0.25) is 0 Å². The molecule has 0 saturated heterocycles. The van der Waals surface area contributed by atoms with E-state index < -0.39 is 8.07 Å². The van der Waals surface area contributed by atoms with Gasteiger partial charge in [0.25, 0.3) is 0 Å². The van der Waals surface area contributed by atoms with E-state index in [2.05, 4.69) is 73.2 Å². The third-order valence-electron chi connectivity index (χ3n) is 8.47. The number of aromatic nitrogens is 3. The SMILES string of the molecule is C[Si](C)(C)c1cccc2c1oc1cc(-c3[c-]ccc4c3oc3nc(-c5ccccc5)ccc34)ncc12.[Ir].[c-]1ccccc1-c1ccccn1. The molecular weight excluding hydrogens is 799 g/mol. The minimum atomic E-state index is -1.57. The number of benzene rings is 4. The van der Waals surface area contributed by atoms with Gasteiger partial charge in [-0.05, 0) is 40.8 Å². The van der Waals surface area contributed by atoms with E-state index in [0.717, 1.165) is 72.1 Å². The molecule has 49 heavy (non-hydrogen) atoms. The molecule has 0 unspecified atom stereocenters. The molecule has 0 saturated carbocycles. The zero-order valence-electron chi connectivity index (χ0n) is 27.2. The van der Waals surface area contributed by atoms with Gasteiger partial charge in [-0.2, -0.15) is 0 Å². The number of hydrogen-bond acceptors (Lipinski definition) is 5. The minimum Gasteiger partial charge on any atom is -0.486 e. The molecule has 7 heteroatoms. The van der Waals surface area contributed by atoms with Gasteiger partial charge in [-0.15, -0.1) is 54.1 Å². The van der Waals surface area contributed by atoms with Crippen molar-refractivity contribution < 1.29 is 28.9 Å². The second-order valence-electron chi connectivity index (χ2n) is 12.7. The molecular formula is C42H31IrN3O2Si-2. The summed E-state index contributed by atoms with van der Waals surface area (Å²) in [5.74, 6) is 0. The van der Waals surface area contributed by atoms with Crippen LogP contribution in [0.5, 0.6) is 0 Å². The van der Waals surface area contributed by atoms with Gasteiger partial charge in [0.1, 0.15) is 11.2 Å². The predicted molar refractivity (Wildman–Crippen MR) is 198 cm³/mol. The molecule has 0 amide bonds. The van der Waals surface area contributed by atoms with Crippen LogP contribution in [0.4, 0.5) is 0 Å². The van der Waals surface area contributed by atoms with Crippen LogP contribution in [0.1, 0.15) is 0 Å². The Kier molecular flexibility index (Phi) is 8.82. The van der Waals surface area contributed by atoms with Gasteiger partial charge >= 0.3 is 0 Å². The number of furan rings is 2. The molecule has 9 rings (SSSR count). The molecule has 5 heterocycles. The summed E-state index contributed by atoms with van der Waals surface area (Å²) in [7, 11) is -1.57. The molecule has 0 spiro atoms. The summed E-state index contributed by atoms with van der Waals surface area (Å²) in [5.41, 5.74) is 8.67. The summed E-state index contributed by atoms with van der Waals surface area (Å²) in [6.45, 7) is 7.02. The Bertz CT molecular complexity index is 2500. The topological polar surface area (TPSA) is 65.0 Å².